The van der Waals surface area contributed by atoms with Gasteiger partial charge in [0.25, 0.3) is 0 Å². The van der Waals surface area contributed by atoms with Gasteiger partial charge < -0.3 is 15.5 Å². The first kappa shape index (κ1) is 17.2. The molecule has 0 aliphatic carbocycles. The lowest BCUT2D eigenvalue weighted by molar-refractivity contribution is 0.249. The SMILES string of the molecule is CCNC(=O)Nc1ccc(CN2CCN(c3ccccn3)CC2)cc1. The van der Waals surface area contributed by atoms with Gasteiger partial charge in [0.1, 0.15) is 5.82 Å². The number of nitrogens with zero attached hydrogens (tertiary/aromatic N) is 3. The highest BCUT2D eigenvalue weighted by Crippen LogP contribution is 2.16. The molecule has 0 unspecified atom stereocenters. The standard InChI is InChI=1S/C19H25N5O/c1-2-20-19(25)22-17-8-6-16(7-9-17)15-23-11-13-24(14-12-23)18-5-3-4-10-21-18/h3-10H,2,11-15H2,1H3,(H2,20,22,25). The fourth-order valence-corrected chi connectivity index (χ4v) is 2.96. The maximum atomic E-state index is 11.5. The molecule has 0 spiro atoms. The lowest BCUT2D eigenvalue weighted by Gasteiger charge is -2.35. The number of benzene rings is 1. The molecule has 0 radical (unpaired) electrons. The van der Waals surface area contributed by atoms with Gasteiger partial charge in [0.15, 0.2) is 0 Å². The first-order chi connectivity index (χ1) is 12.2. The predicted molar refractivity (Wildman–Crippen MR) is 101 cm³/mol. The number of carbonyl (C=O) groups excluding carboxylic acids is 1. The molecule has 1 saturated heterocycles. The van der Waals surface area contributed by atoms with E-state index < -0.39 is 0 Å². The van der Waals surface area contributed by atoms with Crippen molar-refractivity contribution >= 4 is 17.5 Å². The molecule has 0 saturated carbocycles. The maximum Gasteiger partial charge on any atom is 0.319 e. The Labute approximate surface area is 148 Å². The molecule has 2 aromatic rings. The molecule has 0 atom stereocenters. The van der Waals surface area contributed by atoms with Crippen molar-refractivity contribution in [2.45, 2.75) is 13.5 Å². The minimum atomic E-state index is -0.166. The van der Waals surface area contributed by atoms with E-state index in [0.717, 1.165) is 44.2 Å². The molecule has 2 amide bonds. The zero-order chi connectivity index (χ0) is 17.5. The Balaban J connectivity index is 1.48. The molecule has 6 nitrogen and oxygen atoms in total. The molecule has 25 heavy (non-hydrogen) atoms. The minimum absolute atomic E-state index is 0.166. The predicted octanol–water partition coefficient (Wildman–Crippen LogP) is 2.55. The molecule has 2 N–H and O–H groups in total. The summed E-state index contributed by atoms with van der Waals surface area (Å²) in [7, 11) is 0. The van der Waals surface area contributed by atoms with Crippen molar-refractivity contribution in [2.24, 2.45) is 0 Å². The summed E-state index contributed by atoms with van der Waals surface area (Å²) >= 11 is 0. The summed E-state index contributed by atoms with van der Waals surface area (Å²) in [5.74, 6) is 1.06. The van der Waals surface area contributed by atoms with Crippen LogP contribution in [0.1, 0.15) is 12.5 Å². The van der Waals surface area contributed by atoms with Crippen LogP contribution in [0, 0.1) is 0 Å². The number of aromatic nitrogens is 1. The Morgan fingerprint density at radius 1 is 1.08 bits per heavy atom. The highest BCUT2D eigenvalue weighted by atomic mass is 16.2. The molecule has 132 valence electrons. The van der Waals surface area contributed by atoms with Crippen LogP contribution in [0.2, 0.25) is 0 Å². The van der Waals surface area contributed by atoms with E-state index in [2.05, 4.69) is 43.6 Å². The summed E-state index contributed by atoms with van der Waals surface area (Å²) in [4.78, 5) is 20.7. The number of hydrogen-bond donors (Lipinski definition) is 2. The summed E-state index contributed by atoms with van der Waals surface area (Å²) in [6.07, 6.45) is 1.85. The summed E-state index contributed by atoms with van der Waals surface area (Å²) in [5, 5.41) is 5.54. The van der Waals surface area contributed by atoms with Crippen LogP contribution in [-0.2, 0) is 6.54 Å². The first-order valence-electron chi connectivity index (χ1n) is 8.76. The van der Waals surface area contributed by atoms with Gasteiger partial charge in [-0.25, -0.2) is 9.78 Å². The van der Waals surface area contributed by atoms with Crippen molar-refractivity contribution in [3.8, 4) is 0 Å². The quantitative estimate of drug-likeness (QED) is 0.879. The van der Waals surface area contributed by atoms with Gasteiger partial charge in [-0.05, 0) is 36.8 Å². The van der Waals surface area contributed by atoms with Crippen LogP contribution >= 0.6 is 0 Å². The third kappa shape index (κ3) is 4.93. The Kier molecular flexibility index (Phi) is 5.85. The van der Waals surface area contributed by atoms with Crippen molar-refractivity contribution in [3.05, 3.63) is 54.2 Å². The molecule has 1 aliphatic heterocycles. The number of piperazine rings is 1. The van der Waals surface area contributed by atoms with Gasteiger partial charge in [0.05, 0.1) is 0 Å². The molecule has 1 aromatic carbocycles. The number of hydrogen-bond acceptors (Lipinski definition) is 4. The van der Waals surface area contributed by atoms with Gasteiger partial charge in [0, 0.05) is 51.2 Å². The van der Waals surface area contributed by atoms with Gasteiger partial charge in [-0.3, -0.25) is 4.90 Å². The maximum absolute atomic E-state index is 11.5. The van der Waals surface area contributed by atoms with Crippen LogP contribution < -0.4 is 15.5 Å². The van der Waals surface area contributed by atoms with Crippen LogP contribution in [0.25, 0.3) is 0 Å². The molecule has 1 fully saturated rings. The summed E-state index contributed by atoms with van der Waals surface area (Å²) < 4.78 is 0. The van der Waals surface area contributed by atoms with Crippen LogP contribution in [0.15, 0.2) is 48.7 Å². The lowest BCUT2D eigenvalue weighted by atomic mass is 10.1. The topological polar surface area (TPSA) is 60.5 Å². The Morgan fingerprint density at radius 3 is 2.48 bits per heavy atom. The largest absolute Gasteiger partial charge is 0.354 e. The number of amides is 2. The molecule has 0 bridgehead atoms. The normalized spacial score (nSPS) is 15.0. The zero-order valence-electron chi connectivity index (χ0n) is 14.6. The van der Waals surface area contributed by atoms with Gasteiger partial charge >= 0.3 is 6.03 Å². The Bertz CT molecular complexity index is 666. The number of anilines is 2. The molecular formula is C19H25N5O. The van der Waals surface area contributed by atoms with Crippen LogP contribution in [0.4, 0.5) is 16.3 Å². The van der Waals surface area contributed by atoms with Gasteiger partial charge in [0.2, 0.25) is 0 Å². The number of pyridine rings is 1. The van der Waals surface area contributed by atoms with Gasteiger partial charge in [-0.15, -0.1) is 0 Å². The van der Waals surface area contributed by atoms with Crippen LogP contribution in [0.5, 0.6) is 0 Å². The molecular weight excluding hydrogens is 314 g/mol. The third-order valence-electron chi connectivity index (χ3n) is 4.30. The second kappa shape index (κ2) is 8.48. The van der Waals surface area contributed by atoms with E-state index in [1.807, 2.05) is 37.4 Å². The minimum Gasteiger partial charge on any atom is -0.354 e. The zero-order valence-corrected chi connectivity index (χ0v) is 14.6. The molecule has 1 aromatic heterocycles. The summed E-state index contributed by atoms with van der Waals surface area (Å²) in [6.45, 7) is 7.48. The number of urea groups is 1. The molecule has 3 rings (SSSR count). The lowest BCUT2D eigenvalue weighted by Crippen LogP contribution is -2.46. The Hall–Kier alpha value is -2.60. The summed E-state index contributed by atoms with van der Waals surface area (Å²) in [6, 6.07) is 13.9. The van der Waals surface area contributed by atoms with Gasteiger partial charge in [-0.1, -0.05) is 18.2 Å². The number of carbonyl (C=O) groups is 1. The van der Waals surface area contributed by atoms with E-state index in [-0.39, 0.29) is 6.03 Å². The number of nitrogens with one attached hydrogen (secondary N) is 2. The van der Waals surface area contributed by atoms with Crippen LogP contribution in [-0.4, -0.2) is 48.6 Å². The molecule has 6 heteroatoms. The second-order valence-corrected chi connectivity index (χ2v) is 6.13. The smallest absolute Gasteiger partial charge is 0.319 e. The van der Waals surface area contributed by atoms with E-state index in [0.29, 0.717) is 6.54 Å². The van der Waals surface area contributed by atoms with Crippen molar-refractivity contribution < 1.29 is 4.79 Å². The van der Waals surface area contributed by atoms with Gasteiger partial charge in [-0.2, -0.15) is 0 Å². The Morgan fingerprint density at radius 2 is 1.84 bits per heavy atom. The first-order valence-corrected chi connectivity index (χ1v) is 8.76. The average Bonchev–Trinajstić information content (AvgIpc) is 2.65. The monoisotopic (exact) mass is 339 g/mol. The van der Waals surface area contributed by atoms with E-state index in [1.165, 1.54) is 5.56 Å². The van der Waals surface area contributed by atoms with Crippen LogP contribution in [0.3, 0.4) is 0 Å². The highest BCUT2D eigenvalue weighted by Gasteiger charge is 2.17. The molecule has 1 aliphatic rings. The third-order valence-corrected chi connectivity index (χ3v) is 4.30. The van der Waals surface area contributed by atoms with Crippen molar-refractivity contribution in [2.75, 3.05) is 42.9 Å². The fourth-order valence-electron chi connectivity index (χ4n) is 2.96. The summed E-state index contributed by atoms with van der Waals surface area (Å²) in [5.41, 5.74) is 2.07. The van der Waals surface area contributed by atoms with Crippen molar-refractivity contribution in [3.63, 3.8) is 0 Å². The molecule has 2 heterocycles. The fraction of sp³-hybridized carbons (Fsp3) is 0.368. The van der Waals surface area contributed by atoms with Crippen molar-refractivity contribution in [1.82, 2.24) is 15.2 Å². The van der Waals surface area contributed by atoms with E-state index >= 15 is 0 Å². The van der Waals surface area contributed by atoms with E-state index in [9.17, 15) is 4.79 Å². The van der Waals surface area contributed by atoms with E-state index in [1.54, 1.807) is 0 Å². The number of rotatable bonds is 5. The van der Waals surface area contributed by atoms with E-state index in [4.69, 9.17) is 0 Å². The second-order valence-electron chi connectivity index (χ2n) is 6.13. The van der Waals surface area contributed by atoms with Crippen molar-refractivity contribution in [1.29, 1.82) is 0 Å². The average molecular weight is 339 g/mol. The highest BCUT2D eigenvalue weighted by molar-refractivity contribution is 5.89.